The van der Waals surface area contributed by atoms with Gasteiger partial charge in [0.25, 0.3) is 5.15 Å². The predicted molar refractivity (Wildman–Crippen MR) is 146 cm³/mol. The maximum atomic E-state index is 12.5. The lowest BCUT2D eigenvalue weighted by Gasteiger charge is -2.07. The Morgan fingerprint density at radius 1 is 0.706 bits per heavy atom. The molecule has 0 fully saturated rings. The topological polar surface area (TPSA) is 30.2 Å². The van der Waals surface area contributed by atoms with Crippen LogP contribution < -0.4 is 4.57 Å². The number of halogens is 1. The zero-order chi connectivity index (χ0) is 24.7. The second kappa shape index (κ2) is 22.4. The van der Waals surface area contributed by atoms with E-state index in [0.717, 1.165) is 25.8 Å². The molecule has 1 rings (SSSR count). The van der Waals surface area contributed by atoms with Crippen LogP contribution in [0.5, 0.6) is 0 Å². The first-order valence-corrected chi connectivity index (χ1v) is 14.9. The van der Waals surface area contributed by atoms with Crippen LogP contribution in [0.25, 0.3) is 0 Å². The molecule has 1 aromatic rings. The molecule has 196 valence electrons. The van der Waals surface area contributed by atoms with E-state index in [0.29, 0.717) is 17.3 Å². The van der Waals surface area contributed by atoms with Gasteiger partial charge in [0.2, 0.25) is 0 Å². The lowest BCUT2D eigenvalue weighted by Crippen LogP contribution is -2.36. The van der Waals surface area contributed by atoms with E-state index in [4.69, 9.17) is 16.3 Å². The highest BCUT2D eigenvalue weighted by molar-refractivity contribution is 6.31. The van der Waals surface area contributed by atoms with Crippen LogP contribution in [0.4, 0.5) is 0 Å². The molecule has 1 heterocycles. The van der Waals surface area contributed by atoms with Crippen molar-refractivity contribution in [2.75, 3.05) is 6.61 Å². The third kappa shape index (κ3) is 15.7. The summed E-state index contributed by atoms with van der Waals surface area (Å²) in [6.07, 6.45) is 27.8. The quantitative estimate of drug-likeness (QED) is 0.0655. The first-order valence-electron chi connectivity index (χ1n) is 14.6. The fourth-order valence-electron chi connectivity index (χ4n) is 4.46. The number of hydrogen-bond acceptors (Lipinski definition) is 2. The molecule has 0 bridgehead atoms. The number of ether oxygens (including phenoxy) is 1. The average molecular weight is 495 g/mol. The lowest BCUT2D eigenvalue weighted by atomic mass is 10.1. The van der Waals surface area contributed by atoms with Gasteiger partial charge < -0.3 is 4.74 Å². The van der Waals surface area contributed by atoms with Crippen LogP contribution in [0.2, 0.25) is 5.15 Å². The largest absolute Gasteiger partial charge is 0.462 e. The molecule has 0 radical (unpaired) electrons. The first-order chi connectivity index (χ1) is 16.7. The number of rotatable bonds is 23. The summed E-state index contributed by atoms with van der Waals surface area (Å²) in [6, 6.07) is 3.68. The Kier molecular flexibility index (Phi) is 20.4. The van der Waals surface area contributed by atoms with E-state index in [-0.39, 0.29) is 5.97 Å². The summed E-state index contributed by atoms with van der Waals surface area (Å²) in [7, 11) is 0. The maximum absolute atomic E-state index is 12.5. The van der Waals surface area contributed by atoms with Gasteiger partial charge in [-0.25, -0.2) is 4.79 Å². The highest BCUT2D eigenvalue weighted by atomic mass is 35.5. The number of pyridine rings is 1. The normalized spacial score (nSPS) is 11.1. The van der Waals surface area contributed by atoms with Crippen LogP contribution >= 0.6 is 11.6 Å². The second-order valence-corrected chi connectivity index (χ2v) is 10.3. The summed E-state index contributed by atoms with van der Waals surface area (Å²) in [6.45, 7) is 5.87. The molecule has 0 saturated heterocycles. The van der Waals surface area contributed by atoms with Crippen LogP contribution in [0, 0.1) is 0 Å². The molecular formula is C30H53ClNO2+. The van der Waals surface area contributed by atoms with E-state index in [2.05, 4.69) is 13.8 Å². The third-order valence-electron chi connectivity index (χ3n) is 6.71. The molecule has 34 heavy (non-hydrogen) atoms. The minimum Gasteiger partial charge on any atom is -0.462 e. The van der Waals surface area contributed by atoms with Gasteiger partial charge in [0.05, 0.1) is 6.61 Å². The van der Waals surface area contributed by atoms with Crippen molar-refractivity contribution in [1.29, 1.82) is 0 Å². The molecule has 1 aromatic heterocycles. The molecule has 0 aliphatic heterocycles. The van der Waals surface area contributed by atoms with Crippen molar-refractivity contribution in [1.82, 2.24) is 0 Å². The lowest BCUT2D eigenvalue weighted by molar-refractivity contribution is -0.695. The van der Waals surface area contributed by atoms with E-state index in [1.54, 1.807) is 6.07 Å². The molecule has 0 N–H and O–H groups in total. The van der Waals surface area contributed by atoms with Crippen molar-refractivity contribution in [2.24, 2.45) is 0 Å². The van der Waals surface area contributed by atoms with E-state index in [1.165, 1.54) is 109 Å². The summed E-state index contributed by atoms with van der Waals surface area (Å²) >= 11 is 6.53. The zero-order valence-corrected chi connectivity index (χ0v) is 23.2. The number of unbranched alkanes of at least 4 members (excludes halogenated alkanes) is 18. The Bertz CT molecular complexity index is 620. The number of esters is 1. The standard InChI is InChI=1S/C30H53ClNO2/c1-3-5-7-9-11-13-15-17-19-21-25-32-26-23-24-28(29(32)31)30(33)34-27-22-20-18-16-14-12-10-8-6-4-2/h23-24,26H,3-22,25,27H2,1-2H3/q+1. The summed E-state index contributed by atoms with van der Waals surface area (Å²) in [5, 5.41) is 0.506. The van der Waals surface area contributed by atoms with Crippen molar-refractivity contribution in [3.05, 3.63) is 29.0 Å². The van der Waals surface area contributed by atoms with Gasteiger partial charge in [0.1, 0.15) is 12.1 Å². The molecule has 0 atom stereocenters. The van der Waals surface area contributed by atoms with Crippen LogP contribution in [0.1, 0.15) is 153 Å². The zero-order valence-electron chi connectivity index (χ0n) is 22.4. The average Bonchev–Trinajstić information content (AvgIpc) is 2.84. The predicted octanol–water partition coefficient (Wildman–Crippen LogP) is 9.63. The van der Waals surface area contributed by atoms with Gasteiger partial charge in [-0.15, -0.1) is 0 Å². The summed E-state index contributed by atoms with van der Waals surface area (Å²) < 4.78 is 7.49. The van der Waals surface area contributed by atoms with Gasteiger partial charge in [-0.05, 0) is 30.5 Å². The first kappa shape index (κ1) is 30.9. The molecule has 0 unspecified atom stereocenters. The molecular weight excluding hydrogens is 442 g/mol. The van der Waals surface area contributed by atoms with Gasteiger partial charge in [0.15, 0.2) is 6.20 Å². The van der Waals surface area contributed by atoms with Crippen molar-refractivity contribution in [2.45, 2.75) is 149 Å². The Hall–Kier alpha value is -1.09. The second-order valence-electron chi connectivity index (χ2n) is 9.91. The number of carbonyl (C=O) groups excluding carboxylic acids is 1. The van der Waals surface area contributed by atoms with E-state index in [9.17, 15) is 4.79 Å². The Morgan fingerprint density at radius 3 is 1.65 bits per heavy atom. The minimum atomic E-state index is -0.293. The molecule has 0 spiro atoms. The Labute approximate surface area is 216 Å². The van der Waals surface area contributed by atoms with Crippen molar-refractivity contribution < 1.29 is 14.1 Å². The number of nitrogens with zero attached hydrogens (tertiary/aromatic N) is 1. The number of aryl methyl sites for hydroxylation is 1. The molecule has 0 aliphatic rings. The number of hydrogen-bond donors (Lipinski definition) is 0. The Morgan fingerprint density at radius 2 is 1.15 bits per heavy atom. The van der Waals surface area contributed by atoms with Gasteiger partial charge in [-0.1, -0.05) is 123 Å². The van der Waals surface area contributed by atoms with Crippen LogP contribution in [-0.4, -0.2) is 12.6 Å². The fourth-order valence-corrected chi connectivity index (χ4v) is 4.74. The van der Waals surface area contributed by atoms with Crippen molar-refractivity contribution in [3.8, 4) is 0 Å². The van der Waals surface area contributed by atoms with Crippen LogP contribution in [0.3, 0.4) is 0 Å². The van der Waals surface area contributed by atoms with Gasteiger partial charge in [0, 0.05) is 12.5 Å². The molecule has 0 aliphatic carbocycles. The molecule has 3 nitrogen and oxygen atoms in total. The highest BCUT2D eigenvalue weighted by Crippen LogP contribution is 2.15. The van der Waals surface area contributed by atoms with Crippen molar-refractivity contribution >= 4 is 17.6 Å². The van der Waals surface area contributed by atoms with Gasteiger partial charge >= 0.3 is 5.97 Å². The third-order valence-corrected chi connectivity index (χ3v) is 7.13. The molecule has 0 saturated carbocycles. The smallest absolute Gasteiger partial charge is 0.345 e. The highest BCUT2D eigenvalue weighted by Gasteiger charge is 2.20. The summed E-state index contributed by atoms with van der Waals surface area (Å²) in [5.41, 5.74) is 0.489. The van der Waals surface area contributed by atoms with Gasteiger partial charge in [-0.3, -0.25) is 0 Å². The monoisotopic (exact) mass is 494 g/mol. The van der Waals surface area contributed by atoms with Crippen LogP contribution in [-0.2, 0) is 11.3 Å². The maximum Gasteiger partial charge on any atom is 0.345 e. The summed E-state index contributed by atoms with van der Waals surface area (Å²) in [5.74, 6) is -0.293. The number of carbonyl (C=O) groups is 1. The SMILES string of the molecule is CCCCCCCCCCCCOC(=O)c1ccc[n+](CCCCCCCCCCCC)c1Cl. The molecule has 4 heteroatoms. The van der Waals surface area contributed by atoms with E-state index in [1.807, 2.05) is 16.8 Å². The minimum absolute atomic E-state index is 0.293. The summed E-state index contributed by atoms with van der Waals surface area (Å²) in [4.78, 5) is 12.5. The van der Waals surface area contributed by atoms with Gasteiger partial charge in [-0.2, -0.15) is 4.57 Å². The Balaban J connectivity index is 2.13. The fraction of sp³-hybridized carbons (Fsp3) is 0.800. The molecule has 0 aromatic carbocycles. The van der Waals surface area contributed by atoms with Crippen LogP contribution in [0.15, 0.2) is 18.3 Å². The molecule has 0 amide bonds. The van der Waals surface area contributed by atoms with E-state index >= 15 is 0 Å². The van der Waals surface area contributed by atoms with E-state index < -0.39 is 0 Å². The number of aromatic nitrogens is 1. The van der Waals surface area contributed by atoms with Crippen molar-refractivity contribution in [3.63, 3.8) is 0 Å².